The Morgan fingerprint density at radius 1 is 1.26 bits per heavy atom. The van der Waals surface area contributed by atoms with Gasteiger partial charge in [-0.1, -0.05) is 31.0 Å². The first-order chi connectivity index (χ1) is 12.6. The van der Waals surface area contributed by atoms with Crippen LogP contribution in [-0.2, 0) is 18.9 Å². The molecule has 1 amide bonds. The lowest BCUT2D eigenvalue weighted by molar-refractivity contribution is 0.0926. The van der Waals surface area contributed by atoms with Crippen LogP contribution < -0.4 is 5.32 Å². The second kappa shape index (κ2) is 9.30. The van der Waals surface area contributed by atoms with Gasteiger partial charge in [-0.15, -0.1) is 0 Å². The van der Waals surface area contributed by atoms with E-state index < -0.39 is 29.0 Å². The van der Waals surface area contributed by atoms with E-state index in [0.29, 0.717) is 18.4 Å². The van der Waals surface area contributed by atoms with Crippen molar-refractivity contribution < 1.29 is 32.1 Å². The van der Waals surface area contributed by atoms with Gasteiger partial charge in [0, 0.05) is 18.4 Å². The van der Waals surface area contributed by atoms with Gasteiger partial charge in [0.1, 0.15) is 0 Å². The molecule has 2 unspecified atom stereocenters. The first-order valence-corrected chi connectivity index (χ1v) is 12.3. The van der Waals surface area contributed by atoms with Crippen LogP contribution in [0.3, 0.4) is 0 Å². The fraction of sp³-hybridized carbons (Fsp3) is 0.588. The number of carbonyl (C=O) groups is 1. The molecule has 1 aliphatic carbocycles. The minimum Gasteiger partial charge on any atom is -0.352 e. The van der Waals surface area contributed by atoms with E-state index in [1.807, 2.05) is 0 Å². The van der Waals surface area contributed by atoms with Crippen LogP contribution in [0.1, 0.15) is 42.5 Å². The Bertz CT molecular complexity index is 772. The maximum atomic E-state index is 12.3. The van der Waals surface area contributed by atoms with Gasteiger partial charge in [-0.05, 0) is 37.3 Å². The minimum absolute atomic E-state index is 0.0160. The van der Waals surface area contributed by atoms with Crippen LogP contribution in [0.25, 0.3) is 0 Å². The number of rotatable bonds is 9. The van der Waals surface area contributed by atoms with Crippen LogP contribution >= 0.6 is 7.82 Å². The molecule has 1 aromatic rings. The molecule has 10 heteroatoms. The highest BCUT2D eigenvalue weighted by Gasteiger charge is 2.41. The Hall–Kier alpha value is -1.25. The average molecular weight is 419 g/mol. The van der Waals surface area contributed by atoms with Crippen LogP contribution in [0, 0.1) is 5.92 Å². The summed E-state index contributed by atoms with van der Waals surface area (Å²) in [5, 5.41) is 1.63. The molecule has 1 fully saturated rings. The molecule has 8 nitrogen and oxygen atoms in total. The lowest BCUT2D eigenvalue weighted by atomic mass is 9.97. The molecule has 2 atom stereocenters. The van der Waals surface area contributed by atoms with E-state index in [1.54, 1.807) is 30.3 Å². The van der Waals surface area contributed by atoms with Gasteiger partial charge in [0.05, 0.1) is 11.4 Å². The van der Waals surface area contributed by atoms with Crippen molar-refractivity contribution in [2.45, 2.75) is 43.5 Å². The predicted molar refractivity (Wildman–Crippen MR) is 101 cm³/mol. The van der Waals surface area contributed by atoms with Crippen molar-refractivity contribution in [3.8, 4) is 0 Å². The fourth-order valence-corrected chi connectivity index (χ4v) is 6.07. The highest BCUT2D eigenvalue weighted by Crippen LogP contribution is 2.43. The van der Waals surface area contributed by atoms with Crippen molar-refractivity contribution >= 4 is 23.6 Å². The van der Waals surface area contributed by atoms with Crippen LogP contribution in [0.2, 0.25) is 0 Å². The molecule has 0 spiro atoms. The number of sulfone groups is 1. The predicted octanol–water partition coefficient (Wildman–Crippen LogP) is 1.89. The van der Waals surface area contributed by atoms with Crippen molar-refractivity contribution in [1.82, 2.24) is 5.32 Å². The third kappa shape index (κ3) is 7.01. The molecule has 0 radical (unpaired) electrons. The molecular weight excluding hydrogens is 393 g/mol. The first kappa shape index (κ1) is 22.0. The normalized spacial score (nSPS) is 18.2. The number of nitrogens with one attached hydrogen (secondary N) is 1. The number of hydrogen-bond donors (Lipinski definition) is 3. The average Bonchev–Trinajstić information content (AvgIpc) is 3.06. The van der Waals surface area contributed by atoms with E-state index in [4.69, 9.17) is 4.52 Å². The smallest absolute Gasteiger partial charge is 0.352 e. The molecule has 0 bridgehead atoms. The van der Waals surface area contributed by atoms with Gasteiger partial charge in [-0.25, -0.2) is 13.0 Å². The third-order valence-corrected chi connectivity index (χ3v) is 6.97. The number of hydrogen-bond acceptors (Lipinski definition) is 5. The summed E-state index contributed by atoms with van der Waals surface area (Å²) in [6, 6.07) is 8.48. The monoisotopic (exact) mass is 419 g/mol. The third-order valence-electron chi connectivity index (χ3n) is 4.75. The van der Waals surface area contributed by atoms with Crippen LogP contribution in [-0.4, -0.2) is 48.3 Å². The zero-order valence-corrected chi connectivity index (χ0v) is 16.9. The van der Waals surface area contributed by atoms with E-state index in [9.17, 15) is 27.6 Å². The van der Waals surface area contributed by atoms with Gasteiger partial charge in [0.15, 0.2) is 9.84 Å². The van der Waals surface area contributed by atoms with E-state index >= 15 is 0 Å². The van der Waals surface area contributed by atoms with Gasteiger partial charge in [0.2, 0.25) is 0 Å². The van der Waals surface area contributed by atoms with Gasteiger partial charge < -0.3 is 15.1 Å². The molecule has 1 aliphatic rings. The Labute approximate surface area is 159 Å². The van der Waals surface area contributed by atoms with Crippen molar-refractivity contribution in [2.24, 2.45) is 5.92 Å². The van der Waals surface area contributed by atoms with E-state index in [-0.39, 0.29) is 24.8 Å². The molecule has 0 saturated heterocycles. The number of phosphoric ester groups is 1. The zero-order chi connectivity index (χ0) is 20.1. The Kier molecular flexibility index (Phi) is 7.59. The highest BCUT2D eigenvalue weighted by atomic mass is 32.2. The minimum atomic E-state index is -4.88. The van der Waals surface area contributed by atoms with Crippen molar-refractivity contribution in [1.29, 1.82) is 0 Å². The summed E-state index contributed by atoms with van der Waals surface area (Å²) < 4.78 is 40.9. The lowest BCUT2D eigenvalue weighted by Gasteiger charge is -2.30. The van der Waals surface area contributed by atoms with E-state index in [0.717, 1.165) is 19.1 Å². The Morgan fingerprint density at radius 2 is 1.85 bits per heavy atom. The summed E-state index contributed by atoms with van der Waals surface area (Å²) in [6.07, 6.45) is 2.96. The second-order valence-corrected chi connectivity index (χ2v) is 10.3. The summed E-state index contributed by atoms with van der Waals surface area (Å²) in [5.41, 5.74) is 0.445. The number of carbonyl (C=O) groups excluding carboxylic acids is 1. The Balaban J connectivity index is 2.10. The lowest BCUT2D eigenvalue weighted by Crippen LogP contribution is -2.42. The summed E-state index contributed by atoms with van der Waals surface area (Å²) >= 11 is 0. The maximum absolute atomic E-state index is 12.3. The van der Waals surface area contributed by atoms with Gasteiger partial charge in [-0.2, -0.15) is 0 Å². The van der Waals surface area contributed by atoms with Crippen LogP contribution in [0.5, 0.6) is 0 Å². The number of benzene rings is 1. The van der Waals surface area contributed by atoms with Crippen molar-refractivity contribution in [3.05, 3.63) is 35.9 Å². The second-order valence-electron chi connectivity index (χ2n) is 6.88. The van der Waals surface area contributed by atoms with Crippen LogP contribution in [0.15, 0.2) is 30.3 Å². The van der Waals surface area contributed by atoms with Gasteiger partial charge in [0.25, 0.3) is 5.91 Å². The standard InChI is InChI=1S/C17H26NO7PS/c1-27(23,24)16(13-7-5-6-8-13)15(25-26(20,21)22)11-12-18-17(19)14-9-3-2-4-10-14/h2-4,9-10,13,15-16H,5-8,11-12H2,1H3,(H,18,19)(H2,20,21,22). The summed E-state index contributed by atoms with van der Waals surface area (Å²) in [6.45, 7) is 0.0388. The van der Waals surface area contributed by atoms with Gasteiger partial charge >= 0.3 is 7.82 Å². The maximum Gasteiger partial charge on any atom is 0.469 e. The number of amides is 1. The highest BCUT2D eigenvalue weighted by molar-refractivity contribution is 7.91. The van der Waals surface area contributed by atoms with Crippen molar-refractivity contribution in [2.75, 3.05) is 12.8 Å². The van der Waals surface area contributed by atoms with E-state index in [1.165, 1.54) is 0 Å². The van der Waals surface area contributed by atoms with Gasteiger partial charge in [-0.3, -0.25) is 9.32 Å². The van der Waals surface area contributed by atoms with Crippen LogP contribution in [0.4, 0.5) is 0 Å². The SMILES string of the molecule is CS(=O)(=O)C(C1CCCC1)C(CCNC(=O)c1ccccc1)OP(=O)(O)O. The molecule has 1 saturated carbocycles. The molecule has 3 N–H and O–H groups in total. The molecule has 0 heterocycles. The molecule has 2 rings (SSSR count). The first-order valence-electron chi connectivity index (χ1n) is 8.84. The Morgan fingerprint density at radius 3 is 2.37 bits per heavy atom. The fourth-order valence-electron chi connectivity index (χ4n) is 3.69. The molecule has 152 valence electrons. The summed E-state index contributed by atoms with van der Waals surface area (Å²) in [7, 11) is -8.49. The van der Waals surface area contributed by atoms with Crippen molar-refractivity contribution in [3.63, 3.8) is 0 Å². The topological polar surface area (TPSA) is 130 Å². The quantitative estimate of drug-likeness (QED) is 0.521. The molecule has 1 aromatic carbocycles. The molecule has 0 aromatic heterocycles. The summed E-state index contributed by atoms with van der Waals surface area (Å²) in [5.74, 6) is -0.552. The molecule has 0 aliphatic heterocycles. The largest absolute Gasteiger partial charge is 0.469 e. The summed E-state index contributed by atoms with van der Waals surface area (Å²) in [4.78, 5) is 30.6. The molecule has 27 heavy (non-hydrogen) atoms. The number of phosphoric acid groups is 1. The van der Waals surface area contributed by atoms with E-state index in [2.05, 4.69) is 5.32 Å². The molecular formula is C17H26NO7PS. The zero-order valence-electron chi connectivity index (χ0n) is 15.2.